The predicted molar refractivity (Wildman–Crippen MR) is 73.6 cm³/mol. The molecule has 2 saturated heterocycles. The maximum absolute atomic E-state index is 12.0. The first-order valence-electron chi connectivity index (χ1n) is 7.12. The van der Waals surface area contributed by atoms with Gasteiger partial charge in [-0.1, -0.05) is 18.2 Å². The first kappa shape index (κ1) is 14.5. The SMILES string of the molecule is O=C(OC1CN2CCC(O)C2C(O)C1O)c1ccccc1. The third-order valence-corrected chi connectivity index (χ3v) is 4.29. The zero-order chi connectivity index (χ0) is 15.0. The number of aliphatic hydroxyl groups is 3. The van der Waals surface area contributed by atoms with E-state index in [1.807, 2.05) is 4.90 Å². The number of ether oxygens (including phenoxy) is 1. The zero-order valence-electron chi connectivity index (χ0n) is 11.5. The van der Waals surface area contributed by atoms with Crippen LogP contribution in [0.3, 0.4) is 0 Å². The fourth-order valence-electron chi connectivity index (χ4n) is 3.17. The topological polar surface area (TPSA) is 90.2 Å². The van der Waals surface area contributed by atoms with Gasteiger partial charge in [-0.25, -0.2) is 4.79 Å². The lowest BCUT2D eigenvalue weighted by Crippen LogP contribution is -2.62. The summed E-state index contributed by atoms with van der Waals surface area (Å²) >= 11 is 0. The summed E-state index contributed by atoms with van der Waals surface area (Å²) in [4.78, 5) is 13.9. The number of carbonyl (C=O) groups is 1. The van der Waals surface area contributed by atoms with Crippen LogP contribution in [0.15, 0.2) is 30.3 Å². The van der Waals surface area contributed by atoms with E-state index in [0.717, 1.165) is 0 Å². The van der Waals surface area contributed by atoms with Crippen molar-refractivity contribution in [1.29, 1.82) is 0 Å². The lowest BCUT2D eigenvalue weighted by molar-refractivity contribution is -0.143. The molecule has 0 saturated carbocycles. The van der Waals surface area contributed by atoms with E-state index in [0.29, 0.717) is 25.1 Å². The summed E-state index contributed by atoms with van der Waals surface area (Å²) in [5, 5.41) is 30.1. The number of esters is 1. The molecular formula is C15H19NO5. The van der Waals surface area contributed by atoms with Gasteiger partial charge in [-0.05, 0) is 18.6 Å². The molecule has 0 aromatic heterocycles. The highest BCUT2D eigenvalue weighted by atomic mass is 16.6. The molecule has 2 aliphatic heterocycles. The Morgan fingerprint density at radius 3 is 2.57 bits per heavy atom. The maximum Gasteiger partial charge on any atom is 0.338 e. The number of aliphatic hydroxyl groups excluding tert-OH is 3. The fraction of sp³-hybridized carbons (Fsp3) is 0.533. The molecule has 6 heteroatoms. The second kappa shape index (κ2) is 5.73. The summed E-state index contributed by atoms with van der Waals surface area (Å²) in [5.74, 6) is -0.523. The van der Waals surface area contributed by atoms with Crippen LogP contribution < -0.4 is 0 Å². The summed E-state index contributed by atoms with van der Waals surface area (Å²) in [7, 11) is 0. The van der Waals surface area contributed by atoms with E-state index in [9.17, 15) is 20.1 Å². The van der Waals surface area contributed by atoms with Crippen LogP contribution in [0.1, 0.15) is 16.8 Å². The highest BCUT2D eigenvalue weighted by Gasteiger charge is 2.49. The third kappa shape index (κ3) is 2.67. The molecule has 3 N–H and O–H groups in total. The van der Waals surface area contributed by atoms with Crippen LogP contribution in [-0.2, 0) is 4.74 Å². The van der Waals surface area contributed by atoms with Gasteiger partial charge in [0.05, 0.1) is 17.7 Å². The highest BCUT2D eigenvalue weighted by molar-refractivity contribution is 5.89. The Hall–Kier alpha value is -1.47. The van der Waals surface area contributed by atoms with Crippen LogP contribution in [-0.4, -0.2) is 69.7 Å². The Bertz CT molecular complexity index is 508. The van der Waals surface area contributed by atoms with Gasteiger partial charge < -0.3 is 20.1 Å². The van der Waals surface area contributed by atoms with Crippen molar-refractivity contribution in [1.82, 2.24) is 4.90 Å². The molecule has 5 unspecified atom stereocenters. The van der Waals surface area contributed by atoms with Crippen LogP contribution >= 0.6 is 0 Å². The Kier molecular flexibility index (Phi) is 3.95. The molecule has 0 radical (unpaired) electrons. The van der Waals surface area contributed by atoms with Crippen molar-refractivity contribution in [2.24, 2.45) is 0 Å². The largest absolute Gasteiger partial charge is 0.455 e. The van der Waals surface area contributed by atoms with E-state index >= 15 is 0 Å². The first-order valence-corrected chi connectivity index (χ1v) is 7.12. The van der Waals surface area contributed by atoms with Crippen LogP contribution in [0.5, 0.6) is 0 Å². The Balaban J connectivity index is 1.70. The highest BCUT2D eigenvalue weighted by Crippen LogP contribution is 2.29. The van der Waals surface area contributed by atoms with E-state index in [2.05, 4.69) is 0 Å². The second-order valence-corrected chi connectivity index (χ2v) is 5.63. The van der Waals surface area contributed by atoms with Crippen LogP contribution in [0, 0.1) is 0 Å². The standard InChI is InChI=1S/C15H19NO5/c17-10-6-7-16-8-11(13(18)14(19)12(10)16)21-15(20)9-4-2-1-3-5-9/h1-5,10-14,17-19H,6-8H2. The number of hydrogen-bond acceptors (Lipinski definition) is 6. The summed E-state index contributed by atoms with van der Waals surface area (Å²) in [5.41, 5.74) is 0.405. The van der Waals surface area contributed by atoms with Crippen LogP contribution in [0.25, 0.3) is 0 Å². The lowest BCUT2D eigenvalue weighted by atomic mass is 9.93. The van der Waals surface area contributed by atoms with Gasteiger partial charge in [-0.2, -0.15) is 0 Å². The molecule has 1 aromatic rings. The number of carbonyl (C=O) groups excluding carboxylic acids is 1. The number of piperidine rings is 1. The van der Waals surface area contributed by atoms with Crippen molar-refractivity contribution in [3.05, 3.63) is 35.9 Å². The van der Waals surface area contributed by atoms with Crippen molar-refractivity contribution in [2.45, 2.75) is 36.9 Å². The summed E-state index contributed by atoms with van der Waals surface area (Å²) < 4.78 is 5.33. The van der Waals surface area contributed by atoms with E-state index in [1.165, 1.54) is 0 Å². The minimum atomic E-state index is -1.19. The molecule has 6 nitrogen and oxygen atoms in total. The minimum absolute atomic E-state index is 0.318. The smallest absolute Gasteiger partial charge is 0.338 e. The molecule has 2 fully saturated rings. The van der Waals surface area contributed by atoms with Gasteiger partial charge in [0.1, 0.15) is 18.3 Å². The molecule has 0 spiro atoms. The van der Waals surface area contributed by atoms with E-state index in [4.69, 9.17) is 4.74 Å². The molecular weight excluding hydrogens is 274 g/mol. The molecule has 0 bridgehead atoms. The number of fused-ring (bicyclic) bond motifs is 1. The lowest BCUT2D eigenvalue weighted by Gasteiger charge is -2.42. The molecule has 0 aliphatic carbocycles. The quantitative estimate of drug-likeness (QED) is 0.630. The van der Waals surface area contributed by atoms with E-state index in [1.54, 1.807) is 30.3 Å². The van der Waals surface area contributed by atoms with E-state index in [-0.39, 0.29) is 0 Å². The maximum atomic E-state index is 12.0. The predicted octanol–water partition coefficient (Wildman–Crippen LogP) is -0.617. The molecule has 2 aliphatic rings. The summed E-state index contributed by atoms with van der Waals surface area (Å²) in [6.07, 6.45) is -3.21. The molecule has 114 valence electrons. The normalized spacial score (nSPS) is 36.2. The van der Waals surface area contributed by atoms with Crippen molar-refractivity contribution in [3.63, 3.8) is 0 Å². The van der Waals surface area contributed by atoms with Crippen molar-refractivity contribution < 1.29 is 24.9 Å². The molecule has 1 aromatic carbocycles. The molecule has 3 rings (SSSR count). The fourth-order valence-corrected chi connectivity index (χ4v) is 3.17. The Labute approximate surface area is 122 Å². The minimum Gasteiger partial charge on any atom is -0.455 e. The molecule has 2 heterocycles. The molecule has 0 amide bonds. The van der Waals surface area contributed by atoms with Gasteiger partial charge in [0.15, 0.2) is 0 Å². The van der Waals surface area contributed by atoms with Gasteiger partial charge in [0, 0.05) is 13.1 Å². The third-order valence-electron chi connectivity index (χ3n) is 4.29. The Morgan fingerprint density at radius 2 is 1.86 bits per heavy atom. The summed E-state index contributed by atoms with van der Waals surface area (Å²) in [6, 6.07) is 8.05. The second-order valence-electron chi connectivity index (χ2n) is 5.63. The monoisotopic (exact) mass is 293 g/mol. The number of benzene rings is 1. The van der Waals surface area contributed by atoms with Crippen LogP contribution in [0.4, 0.5) is 0 Å². The van der Waals surface area contributed by atoms with Gasteiger partial charge in [-0.15, -0.1) is 0 Å². The molecule has 21 heavy (non-hydrogen) atoms. The van der Waals surface area contributed by atoms with Gasteiger partial charge in [0.25, 0.3) is 0 Å². The van der Waals surface area contributed by atoms with Crippen LogP contribution in [0.2, 0.25) is 0 Å². The summed E-state index contributed by atoms with van der Waals surface area (Å²) in [6.45, 7) is 0.938. The van der Waals surface area contributed by atoms with E-state index < -0.39 is 36.4 Å². The van der Waals surface area contributed by atoms with Gasteiger partial charge in [-0.3, -0.25) is 4.90 Å². The number of nitrogens with zero attached hydrogens (tertiary/aromatic N) is 1. The van der Waals surface area contributed by atoms with Crippen molar-refractivity contribution in [3.8, 4) is 0 Å². The average Bonchev–Trinajstić information content (AvgIpc) is 2.86. The van der Waals surface area contributed by atoms with Crippen molar-refractivity contribution >= 4 is 5.97 Å². The average molecular weight is 293 g/mol. The zero-order valence-corrected chi connectivity index (χ0v) is 11.5. The van der Waals surface area contributed by atoms with Gasteiger partial charge >= 0.3 is 5.97 Å². The molecule has 5 atom stereocenters. The Morgan fingerprint density at radius 1 is 1.14 bits per heavy atom. The number of rotatable bonds is 2. The first-order chi connectivity index (χ1) is 10.1. The number of hydrogen-bond donors (Lipinski definition) is 3. The van der Waals surface area contributed by atoms with Gasteiger partial charge in [0.2, 0.25) is 0 Å². The van der Waals surface area contributed by atoms with Crippen molar-refractivity contribution in [2.75, 3.05) is 13.1 Å².